The smallest absolute Gasteiger partial charge is 0.164 e. The van der Waals surface area contributed by atoms with Crippen molar-refractivity contribution in [2.75, 3.05) is 0 Å². The van der Waals surface area contributed by atoms with E-state index in [1.807, 2.05) is 12.1 Å². The van der Waals surface area contributed by atoms with Crippen molar-refractivity contribution in [1.82, 2.24) is 15.0 Å². The molecule has 5 aromatic rings. The Balaban J connectivity index is 1.11. The number of benzene rings is 4. The zero-order valence-corrected chi connectivity index (χ0v) is 28.1. The minimum Gasteiger partial charge on any atom is -0.208 e. The molecule has 1 aromatic heterocycles. The molecule has 0 radical (unpaired) electrons. The summed E-state index contributed by atoms with van der Waals surface area (Å²) < 4.78 is 27.4. The van der Waals surface area contributed by atoms with E-state index in [4.69, 9.17) is 9.97 Å². The van der Waals surface area contributed by atoms with Crippen molar-refractivity contribution in [1.29, 1.82) is 0 Å². The number of fused-ring (bicyclic) bond motifs is 2. The van der Waals surface area contributed by atoms with Gasteiger partial charge in [-0.15, -0.1) is 0 Å². The summed E-state index contributed by atoms with van der Waals surface area (Å²) >= 11 is 0. The standard InChI is InChI=1S/C44H37F2N3/c1-26-5-7-29(8-6-26)36-23-24-38-37-22-17-33(25-39(37)44(3,4)40(38)27(36)2)28-9-11-30(12-10-28)41-47-42(31-13-18-34(45)19-14-31)49-43(48-41)32-15-20-35(46)21-16-32/h5,7-27,36H,6H2,1-4H3. The van der Waals surface area contributed by atoms with Crippen molar-refractivity contribution in [2.45, 2.75) is 39.5 Å². The summed E-state index contributed by atoms with van der Waals surface area (Å²) in [5.41, 5.74) is 11.4. The van der Waals surface area contributed by atoms with E-state index < -0.39 is 0 Å². The van der Waals surface area contributed by atoms with Crippen LogP contribution in [0, 0.1) is 29.4 Å². The van der Waals surface area contributed by atoms with Gasteiger partial charge in [0.15, 0.2) is 17.5 Å². The lowest BCUT2D eigenvalue weighted by Crippen LogP contribution is -2.27. The summed E-state index contributed by atoms with van der Waals surface area (Å²) in [6, 6.07) is 27.3. The molecule has 8 rings (SSSR count). The Morgan fingerprint density at radius 1 is 0.612 bits per heavy atom. The Morgan fingerprint density at radius 2 is 1.12 bits per heavy atom. The topological polar surface area (TPSA) is 38.7 Å². The van der Waals surface area contributed by atoms with Gasteiger partial charge in [0.2, 0.25) is 0 Å². The van der Waals surface area contributed by atoms with Crippen LogP contribution < -0.4 is 0 Å². The Kier molecular flexibility index (Phi) is 7.59. The third-order valence-corrected chi connectivity index (χ3v) is 10.5. The summed E-state index contributed by atoms with van der Waals surface area (Å²) in [5.74, 6) is 2.06. The van der Waals surface area contributed by atoms with Gasteiger partial charge in [-0.05, 0) is 112 Å². The van der Waals surface area contributed by atoms with Crippen LogP contribution in [0.25, 0.3) is 50.9 Å². The first-order valence-electron chi connectivity index (χ1n) is 17.0. The van der Waals surface area contributed by atoms with E-state index in [1.165, 1.54) is 52.1 Å². The molecule has 1 heterocycles. The lowest BCUT2D eigenvalue weighted by molar-refractivity contribution is 0.468. The molecule has 0 saturated carbocycles. The van der Waals surface area contributed by atoms with Gasteiger partial charge >= 0.3 is 0 Å². The zero-order valence-electron chi connectivity index (χ0n) is 28.1. The summed E-state index contributed by atoms with van der Waals surface area (Å²) in [7, 11) is 0. The molecule has 0 spiro atoms. The number of hydrogen-bond donors (Lipinski definition) is 0. The maximum absolute atomic E-state index is 13.7. The number of allylic oxidation sites excluding steroid dienone is 8. The molecule has 3 aliphatic carbocycles. The summed E-state index contributed by atoms with van der Waals surface area (Å²) in [5, 5.41) is 0. The Labute approximate surface area is 286 Å². The van der Waals surface area contributed by atoms with Crippen LogP contribution in [-0.4, -0.2) is 15.0 Å². The first-order valence-corrected chi connectivity index (χ1v) is 17.0. The second kappa shape index (κ2) is 12.0. The molecular weight excluding hydrogens is 609 g/mol. The van der Waals surface area contributed by atoms with Crippen LogP contribution >= 0.6 is 0 Å². The van der Waals surface area contributed by atoms with Gasteiger partial charge in [-0.3, -0.25) is 0 Å². The van der Waals surface area contributed by atoms with E-state index in [1.54, 1.807) is 24.3 Å². The third kappa shape index (κ3) is 5.57. The fourth-order valence-electron chi connectivity index (χ4n) is 7.81. The van der Waals surface area contributed by atoms with Gasteiger partial charge in [0.25, 0.3) is 0 Å². The van der Waals surface area contributed by atoms with Gasteiger partial charge in [0.05, 0.1) is 0 Å². The molecule has 3 unspecified atom stereocenters. The van der Waals surface area contributed by atoms with Crippen LogP contribution in [0.3, 0.4) is 0 Å². The Hall–Kier alpha value is -5.29. The van der Waals surface area contributed by atoms with Crippen LogP contribution in [0.5, 0.6) is 0 Å². The number of nitrogens with zero attached hydrogens (tertiary/aromatic N) is 3. The van der Waals surface area contributed by atoms with Crippen molar-refractivity contribution >= 4 is 5.57 Å². The Morgan fingerprint density at radius 3 is 1.65 bits per heavy atom. The molecule has 0 amide bonds. The summed E-state index contributed by atoms with van der Waals surface area (Å²) in [4.78, 5) is 14.2. The maximum atomic E-state index is 13.7. The fourth-order valence-corrected chi connectivity index (χ4v) is 7.81. The average Bonchev–Trinajstić information content (AvgIpc) is 3.35. The van der Waals surface area contributed by atoms with E-state index >= 15 is 0 Å². The molecule has 5 heteroatoms. The predicted octanol–water partition coefficient (Wildman–Crippen LogP) is 11.2. The Bertz CT molecular complexity index is 2140. The monoisotopic (exact) mass is 645 g/mol. The van der Waals surface area contributed by atoms with Crippen molar-refractivity contribution in [3.63, 3.8) is 0 Å². The van der Waals surface area contributed by atoms with Crippen molar-refractivity contribution in [2.24, 2.45) is 17.8 Å². The van der Waals surface area contributed by atoms with Crippen molar-refractivity contribution in [3.05, 3.63) is 155 Å². The molecule has 0 N–H and O–H groups in total. The zero-order chi connectivity index (χ0) is 33.9. The molecule has 3 nitrogen and oxygen atoms in total. The van der Waals surface area contributed by atoms with E-state index in [9.17, 15) is 8.78 Å². The molecule has 242 valence electrons. The number of rotatable bonds is 5. The van der Waals surface area contributed by atoms with E-state index in [2.05, 4.69) is 93.4 Å². The van der Waals surface area contributed by atoms with Crippen molar-refractivity contribution < 1.29 is 8.78 Å². The van der Waals surface area contributed by atoms with Gasteiger partial charge in [0.1, 0.15) is 11.6 Å². The molecule has 4 aromatic carbocycles. The minimum absolute atomic E-state index is 0.0896. The number of aromatic nitrogens is 3. The van der Waals surface area contributed by atoms with Gasteiger partial charge in [-0.25, -0.2) is 23.7 Å². The molecule has 49 heavy (non-hydrogen) atoms. The van der Waals surface area contributed by atoms with Crippen LogP contribution in [-0.2, 0) is 5.41 Å². The highest BCUT2D eigenvalue weighted by Gasteiger charge is 2.43. The maximum Gasteiger partial charge on any atom is 0.164 e. The van der Waals surface area contributed by atoms with Gasteiger partial charge in [-0.1, -0.05) is 94.5 Å². The lowest BCUT2D eigenvalue weighted by atomic mass is 9.68. The van der Waals surface area contributed by atoms with E-state index in [-0.39, 0.29) is 17.0 Å². The molecule has 0 saturated heterocycles. The second-order valence-electron chi connectivity index (χ2n) is 14.1. The van der Waals surface area contributed by atoms with Gasteiger partial charge in [0, 0.05) is 28.0 Å². The molecule has 0 aliphatic heterocycles. The summed E-state index contributed by atoms with van der Waals surface area (Å²) in [6.45, 7) is 9.42. The summed E-state index contributed by atoms with van der Waals surface area (Å²) in [6.07, 6.45) is 13.0. The first kappa shape index (κ1) is 31.0. The van der Waals surface area contributed by atoms with Crippen LogP contribution in [0.1, 0.15) is 45.2 Å². The SMILES string of the molecule is CC1C=CC(C2C=CC3=C(C2C)C(C)(C)c2cc(-c4ccc(-c5nc(-c6ccc(F)cc6)nc(-c6ccc(F)cc6)n5)cc4)ccc23)=CC1. The molecular formula is C44H37F2N3. The molecule has 3 atom stereocenters. The van der Waals surface area contributed by atoms with E-state index in [0.29, 0.717) is 46.4 Å². The minimum atomic E-state index is -0.336. The lowest BCUT2D eigenvalue weighted by Gasteiger charge is -2.36. The van der Waals surface area contributed by atoms with Crippen LogP contribution in [0.4, 0.5) is 8.78 Å². The van der Waals surface area contributed by atoms with Crippen LogP contribution in [0.15, 0.2) is 133 Å². The van der Waals surface area contributed by atoms with Gasteiger partial charge < -0.3 is 0 Å². The van der Waals surface area contributed by atoms with E-state index in [0.717, 1.165) is 23.1 Å². The highest BCUT2D eigenvalue weighted by molar-refractivity contribution is 5.89. The largest absolute Gasteiger partial charge is 0.208 e. The number of hydrogen-bond acceptors (Lipinski definition) is 3. The molecule has 0 bridgehead atoms. The predicted molar refractivity (Wildman–Crippen MR) is 194 cm³/mol. The normalized spacial score (nSPS) is 20.6. The fraction of sp³-hybridized carbons (Fsp3) is 0.205. The van der Waals surface area contributed by atoms with Gasteiger partial charge in [-0.2, -0.15) is 0 Å². The number of halogens is 2. The average molecular weight is 646 g/mol. The molecule has 3 aliphatic rings. The first-order chi connectivity index (χ1) is 23.7. The highest BCUT2D eigenvalue weighted by Crippen LogP contribution is 2.55. The van der Waals surface area contributed by atoms with Crippen molar-refractivity contribution in [3.8, 4) is 45.3 Å². The quantitative estimate of drug-likeness (QED) is 0.191. The second-order valence-corrected chi connectivity index (χ2v) is 14.1. The molecule has 0 fully saturated rings. The highest BCUT2D eigenvalue weighted by atomic mass is 19.1. The van der Waals surface area contributed by atoms with Crippen LogP contribution in [0.2, 0.25) is 0 Å². The third-order valence-electron chi connectivity index (χ3n) is 10.5.